The van der Waals surface area contributed by atoms with E-state index in [0.29, 0.717) is 17.4 Å². The molecule has 3 aromatic rings. The summed E-state index contributed by atoms with van der Waals surface area (Å²) in [7, 11) is 0. The summed E-state index contributed by atoms with van der Waals surface area (Å²) in [6, 6.07) is 14.1. The van der Waals surface area contributed by atoms with Crippen LogP contribution in [0, 0.1) is 11.8 Å². The molecule has 240 valence electrons. The number of benzene rings is 2. The largest absolute Gasteiger partial charge is 0.492 e. The first-order valence-corrected chi connectivity index (χ1v) is 15.4. The van der Waals surface area contributed by atoms with E-state index in [1.165, 1.54) is 4.68 Å². The molecule has 0 saturated carbocycles. The Kier molecular flexibility index (Phi) is 11.3. The normalized spacial score (nSPS) is 20.1. The lowest BCUT2D eigenvalue weighted by molar-refractivity contribution is -0.133. The molecule has 45 heavy (non-hydrogen) atoms. The Bertz CT molecular complexity index is 1470. The van der Waals surface area contributed by atoms with Gasteiger partial charge in [0.1, 0.15) is 36.8 Å². The minimum atomic E-state index is -0.904. The van der Waals surface area contributed by atoms with Gasteiger partial charge in [-0.1, -0.05) is 70.2 Å². The number of aromatic nitrogens is 3. The molecular formula is C33H43N7O5. The van der Waals surface area contributed by atoms with E-state index >= 15 is 0 Å². The fourth-order valence-corrected chi connectivity index (χ4v) is 5.00. The number of fused-ring (bicyclic) bond motifs is 14. The van der Waals surface area contributed by atoms with Gasteiger partial charge in [0.05, 0.1) is 12.6 Å². The second kappa shape index (κ2) is 15.3. The van der Waals surface area contributed by atoms with Crippen LogP contribution in [0.3, 0.4) is 0 Å². The highest BCUT2D eigenvalue weighted by molar-refractivity contribution is 5.92. The molecule has 4 amide bonds. The molecule has 2 aliphatic rings. The van der Waals surface area contributed by atoms with Crippen LogP contribution >= 0.6 is 0 Å². The fraction of sp³-hybridized carbons (Fsp3) is 0.455. The Morgan fingerprint density at radius 2 is 1.71 bits per heavy atom. The Morgan fingerprint density at radius 3 is 2.38 bits per heavy atom. The van der Waals surface area contributed by atoms with Crippen LogP contribution in [0.4, 0.5) is 0 Å². The van der Waals surface area contributed by atoms with Crippen molar-refractivity contribution in [3.05, 3.63) is 66.0 Å². The van der Waals surface area contributed by atoms with Crippen LogP contribution in [0.25, 0.3) is 11.4 Å². The van der Waals surface area contributed by atoms with Crippen LogP contribution in [0.15, 0.2) is 54.6 Å². The summed E-state index contributed by atoms with van der Waals surface area (Å²) in [6.07, 6.45) is 0.491. The van der Waals surface area contributed by atoms with Crippen molar-refractivity contribution in [3.8, 4) is 17.1 Å². The minimum absolute atomic E-state index is 0.113. The summed E-state index contributed by atoms with van der Waals surface area (Å²) in [5.41, 5.74) is 1.57. The fourth-order valence-electron chi connectivity index (χ4n) is 5.00. The maximum Gasteiger partial charge on any atom is 0.243 e. The summed E-state index contributed by atoms with van der Waals surface area (Å²) in [6.45, 7) is 9.67. The number of rotatable bonds is 5. The van der Waals surface area contributed by atoms with E-state index in [1.54, 1.807) is 19.1 Å². The summed E-state index contributed by atoms with van der Waals surface area (Å²) in [5.74, 6) is -0.173. The van der Waals surface area contributed by atoms with Crippen molar-refractivity contribution in [2.45, 2.75) is 72.1 Å². The van der Waals surface area contributed by atoms with Crippen molar-refractivity contribution in [2.75, 3.05) is 13.2 Å². The van der Waals surface area contributed by atoms with E-state index in [0.717, 1.165) is 11.1 Å². The van der Waals surface area contributed by atoms with Crippen LogP contribution < -0.4 is 26.0 Å². The number of hydrogen-bond donors (Lipinski definition) is 4. The van der Waals surface area contributed by atoms with Crippen LogP contribution in [-0.2, 0) is 32.1 Å². The second-order valence-corrected chi connectivity index (χ2v) is 12.0. The smallest absolute Gasteiger partial charge is 0.243 e. The molecule has 0 saturated heterocycles. The number of carbonyl (C=O) groups is 4. The van der Waals surface area contributed by atoms with E-state index in [1.807, 2.05) is 70.2 Å². The van der Waals surface area contributed by atoms with Gasteiger partial charge in [0.25, 0.3) is 0 Å². The molecule has 12 nitrogen and oxygen atoms in total. The van der Waals surface area contributed by atoms with Crippen molar-refractivity contribution in [3.63, 3.8) is 0 Å². The molecule has 5 rings (SSSR count). The van der Waals surface area contributed by atoms with E-state index in [-0.39, 0.29) is 56.2 Å². The standard InChI is InChI=1S/C33H43N7O5/c1-20(2)17-27(41)36-26-18-23-11-13-25(14-12-23)45-16-15-34-28(42)19-40-31(38-30(39-40)24-9-7-6-8-10-24)22(5)35-33(44)29(21(3)4)37-32(26)43/h6-14,20-22,26,29H,15-19H2,1-5H3,(H,34,42)(H,35,44)(H,36,41)(H,37,43)/t22-,26-,29+/m0/s1. The number of ether oxygens (including phenoxy) is 1. The SMILES string of the molecule is CC(C)CC(=O)N[C@H]1Cc2ccc(cc2)OCCNC(=O)Cn2nc(-c3ccccc3)nc2[C@H](C)NC(=O)[C@@H](C(C)C)NC1=O. The molecule has 2 aromatic carbocycles. The summed E-state index contributed by atoms with van der Waals surface area (Å²) in [4.78, 5) is 57.6. The molecule has 4 N–H and O–H groups in total. The van der Waals surface area contributed by atoms with E-state index < -0.39 is 29.9 Å². The molecule has 12 heteroatoms. The molecule has 0 spiro atoms. The monoisotopic (exact) mass is 617 g/mol. The zero-order chi connectivity index (χ0) is 32.5. The van der Waals surface area contributed by atoms with Crippen molar-refractivity contribution in [1.29, 1.82) is 0 Å². The molecule has 0 radical (unpaired) electrons. The van der Waals surface area contributed by atoms with Gasteiger partial charge in [0, 0.05) is 18.4 Å². The van der Waals surface area contributed by atoms with E-state index in [2.05, 4.69) is 31.3 Å². The van der Waals surface area contributed by atoms with E-state index in [9.17, 15) is 19.2 Å². The van der Waals surface area contributed by atoms with Gasteiger partial charge in [-0.25, -0.2) is 9.67 Å². The number of amides is 4. The molecule has 3 heterocycles. The van der Waals surface area contributed by atoms with Crippen molar-refractivity contribution >= 4 is 23.6 Å². The second-order valence-electron chi connectivity index (χ2n) is 12.0. The maximum atomic E-state index is 13.7. The van der Waals surface area contributed by atoms with Crippen molar-refractivity contribution in [2.24, 2.45) is 11.8 Å². The van der Waals surface area contributed by atoms with Crippen molar-refractivity contribution < 1.29 is 23.9 Å². The van der Waals surface area contributed by atoms with Crippen molar-refractivity contribution in [1.82, 2.24) is 36.0 Å². The lowest BCUT2D eigenvalue weighted by atomic mass is 10.00. The van der Waals surface area contributed by atoms with Crippen LogP contribution in [-0.4, -0.2) is 63.6 Å². The lowest BCUT2D eigenvalue weighted by Gasteiger charge is -2.27. The summed E-state index contributed by atoms with van der Waals surface area (Å²) >= 11 is 0. The molecule has 2 aliphatic heterocycles. The quantitative estimate of drug-likeness (QED) is 0.343. The van der Waals surface area contributed by atoms with Gasteiger partial charge < -0.3 is 26.0 Å². The maximum absolute atomic E-state index is 13.7. The topological polar surface area (TPSA) is 156 Å². The third-order valence-corrected chi connectivity index (χ3v) is 7.32. The highest BCUT2D eigenvalue weighted by Crippen LogP contribution is 2.20. The third-order valence-electron chi connectivity index (χ3n) is 7.32. The molecule has 3 atom stereocenters. The molecular weight excluding hydrogens is 574 g/mol. The van der Waals surface area contributed by atoms with Gasteiger partial charge in [-0.2, -0.15) is 5.10 Å². The summed E-state index contributed by atoms with van der Waals surface area (Å²) in [5, 5.41) is 16.1. The van der Waals surface area contributed by atoms with Crippen LogP contribution in [0.1, 0.15) is 58.5 Å². The highest BCUT2D eigenvalue weighted by atomic mass is 16.5. The Hall–Kier alpha value is -4.74. The zero-order valence-corrected chi connectivity index (χ0v) is 26.5. The predicted molar refractivity (Wildman–Crippen MR) is 169 cm³/mol. The third kappa shape index (κ3) is 9.37. The molecule has 0 aliphatic carbocycles. The molecule has 2 bridgehead atoms. The zero-order valence-electron chi connectivity index (χ0n) is 26.5. The Labute approximate surface area is 263 Å². The number of nitrogens with zero attached hydrogens (tertiary/aromatic N) is 3. The van der Waals surface area contributed by atoms with Gasteiger partial charge >= 0.3 is 0 Å². The first-order chi connectivity index (χ1) is 21.5. The predicted octanol–water partition coefficient (Wildman–Crippen LogP) is 2.55. The Balaban J connectivity index is 1.65. The number of hydrogen-bond acceptors (Lipinski definition) is 7. The average Bonchev–Trinajstić information content (AvgIpc) is 3.41. The van der Waals surface area contributed by atoms with Gasteiger partial charge in [-0.15, -0.1) is 0 Å². The summed E-state index contributed by atoms with van der Waals surface area (Å²) < 4.78 is 7.28. The molecule has 0 fully saturated rings. The van der Waals surface area contributed by atoms with Crippen LogP contribution in [0.5, 0.6) is 5.75 Å². The number of carbonyl (C=O) groups excluding carboxylic acids is 4. The van der Waals surface area contributed by atoms with E-state index in [4.69, 9.17) is 4.74 Å². The average molecular weight is 618 g/mol. The highest BCUT2D eigenvalue weighted by Gasteiger charge is 2.31. The van der Waals surface area contributed by atoms with Crippen LogP contribution in [0.2, 0.25) is 0 Å². The first kappa shape index (κ1) is 33.2. The molecule has 0 unspecified atom stereocenters. The number of nitrogens with one attached hydrogen (secondary N) is 4. The van der Waals surface area contributed by atoms with Gasteiger partial charge in [-0.3, -0.25) is 19.2 Å². The minimum Gasteiger partial charge on any atom is -0.492 e. The Morgan fingerprint density at radius 1 is 1.00 bits per heavy atom. The van der Waals surface area contributed by atoms with Gasteiger partial charge in [0.15, 0.2) is 5.82 Å². The molecule has 1 aromatic heterocycles. The lowest BCUT2D eigenvalue weighted by Crippen LogP contribution is -2.56. The van der Waals surface area contributed by atoms with Gasteiger partial charge in [0.2, 0.25) is 23.6 Å². The van der Waals surface area contributed by atoms with Gasteiger partial charge in [-0.05, 0) is 36.5 Å². The first-order valence-electron chi connectivity index (χ1n) is 15.4.